The van der Waals surface area contributed by atoms with E-state index in [9.17, 15) is 14.7 Å². The van der Waals surface area contributed by atoms with Crippen molar-refractivity contribution < 1.29 is 14.7 Å². The first kappa shape index (κ1) is 22.3. The van der Waals surface area contributed by atoms with Crippen LogP contribution in [0.3, 0.4) is 0 Å². The molecule has 5 nitrogen and oxygen atoms in total. The molecular formula is C27H21ClN2O3S. The molecule has 4 aromatic rings. The Balaban J connectivity index is 1.72. The van der Waals surface area contributed by atoms with Crippen LogP contribution in [0.25, 0.3) is 16.0 Å². The van der Waals surface area contributed by atoms with Gasteiger partial charge in [-0.25, -0.2) is 4.98 Å². The van der Waals surface area contributed by atoms with Gasteiger partial charge in [-0.3, -0.25) is 14.5 Å². The van der Waals surface area contributed by atoms with Crippen LogP contribution in [0.5, 0.6) is 0 Å². The second kappa shape index (κ2) is 8.70. The van der Waals surface area contributed by atoms with Gasteiger partial charge in [-0.15, -0.1) is 0 Å². The predicted molar refractivity (Wildman–Crippen MR) is 136 cm³/mol. The number of thiazole rings is 1. The van der Waals surface area contributed by atoms with Crippen molar-refractivity contribution in [1.82, 2.24) is 4.98 Å². The molecule has 1 saturated heterocycles. The first-order valence-electron chi connectivity index (χ1n) is 10.9. The third-order valence-corrected chi connectivity index (χ3v) is 7.24. The molecule has 170 valence electrons. The minimum atomic E-state index is -0.804. The van der Waals surface area contributed by atoms with Crippen LogP contribution >= 0.6 is 22.9 Å². The van der Waals surface area contributed by atoms with Gasteiger partial charge in [-0.1, -0.05) is 84.0 Å². The van der Waals surface area contributed by atoms with E-state index in [1.54, 1.807) is 30.3 Å². The van der Waals surface area contributed by atoms with E-state index in [0.29, 0.717) is 21.2 Å². The third kappa shape index (κ3) is 3.79. The van der Waals surface area contributed by atoms with Gasteiger partial charge in [-0.2, -0.15) is 0 Å². The lowest BCUT2D eigenvalue weighted by molar-refractivity contribution is -0.132. The van der Waals surface area contributed by atoms with E-state index in [0.717, 1.165) is 27.8 Å². The fraction of sp³-hybridized carbons (Fsp3) is 0.148. The van der Waals surface area contributed by atoms with Crippen LogP contribution in [-0.4, -0.2) is 21.8 Å². The Labute approximate surface area is 205 Å². The van der Waals surface area contributed by atoms with Crippen molar-refractivity contribution in [3.63, 3.8) is 0 Å². The van der Waals surface area contributed by atoms with Crippen molar-refractivity contribution in [2.75, 3.05) is 4.90 Å². The fourth-order valence-electron chi connectivity index (χ4n) is 4.23. The Bertz CT molecular complexity index is 1470. The molecule has 2 heterocycles. The molecule has 1 aliphatic heterocycles. The Morgan fingerprint density at radius 2 is 1.85 bits per heavy atom. The van der Waals surface area contributed by atoms with Crippen molar-refractivity contribution in [2.45, 2.75) is 26.3 Å². The van der Waals surface area contributed by atoms with Crippen LogP contribution < -0.4 is 4.90 Å². The predicted octanol–water partition coefficient (Wildman–Crippen LogP) is 6.45. The quantitative estimate of drug-likeness (QED) is 0.204. The summed E-state index contributed by atoms with van der Waals surface area (Å²) in [5, 5.41) is 12.2. The topological polar surface area (TPSA) is 70.5 Å². The lowest BCUT2D eigenvalue weighted by Crippen LogP contribution is -2.29. The summed E-state index contributed by atoms with van der Waals surface area (Å²) >= 11 is 7.42. The number of halogens is 1. The van der Waals surface area contributed by atoms with E-state index < -0.39 is 17.7 Å². The molecular weight excluding hydrogens is 468 g/mol. The molecule has 1 atom stereocenters. The molecule has 0 saturated carbocycles. The average Bonchev–Trinajstić information content (AvgIpc) is 3.36. The number of hydrogen-bond acceptors (Lipinski definition) is 5. The molecule has 1 aromatic heterocycles. The van der Waals surface area contributed by atoms with Crippen molar-refractivity contribution in [1.29, 1.82) is 0 Å². The van der Waals surface area contributed by atoms with Gasteiger partial charge >= 0.3 is 5.91 Å². The first-order chi connectivity index (χ1) is 16.4. The number of aryl methyl sites for hydroxylation is 2. The summed E-state index contributed by atoms with van der Waals surface area (Å²) in [7, 11) is 0. The van der Waals surface area contributed by atoms with E-state index in [-0.39, 0.29) is 11.3 Å². The maximum atomic E-state index is 13.3. The SMILES string of the molecule is CCc1ccc(/C(O)=C2\C(=O)C(=O)N(c3nc4ccc(Cl)cc4s3)C2c2cccc(C)c2)cc1. The van der Waals surface area contributed by atoms with E-state index in [2.05, 4.69) is 4.98 Å². The molecule has 0 radical (unpaired) electrons. The van der Waals surface area contributed by atoms with E-state index in [4.69, 9.17) is 11.6 Å². The van der Waals surface area contributed by atoms with Gasteiger partial charge in [0.05, 0.1) is 21.8 Å². The molecule has 0 spiro atoms. The number of aliphatic hydroxyl groups excluding tert-OH is 1. The van der Waals surface area contributed by atoms with Crippen molar-refractivity contribution in [2.24, 2.45) is 0 Å². The normalized spacial score (nSPS) is 17.6. The molecule has 7 heteroatoms. The lowest BCUT2D eigenvalue weighted by atomic mass is 9.94. The number of fused-ring (bicyclic) bond motifs is 1. The van der Waals surface area contributed by atoms with Gasteiger partial charge in [0.15, 0.2) is 5.13 Å². The summed E-state index contributed by atoms with van der Waals surface area (Å²) in [5.41, 5.74) is 4.04. The van der Waals surface area contributed by atoms with Crippen molar-refractivity contribution in [3.05, 3.63) is 99.6 Å². The number of Topliss-reactive ketones (excluding diaryl/α,β-unsaturated/α-hetero) is 1. The highest BCUT2D eigenvalue weighted by atomic mass is 35.5. The van der Waals surface area contributed by atoms with Gasteiger partial charge in [0.25, 0.3) is 5.78 Å². The Morgan fingerprint density at radius 3 is 2.56 bits per heavy atom. The summed E-state index contributed by atoms with van der Waals surface area (Å²) in [6, 6.07) is 19.4. The number of benzene rings is 3. The maximum Gasteiger partial charge on any atom is 0.301 e. The number of rotatable bonds is 4. The van der Waals surface area contributed by atoms with Crippen LogP contribution in [0.4, 0.5) is 5.13 Å². The summed E-state index contributed by atoms with van der Waals surface area (Å²) in [6.45, 7) is 3.99. The molecule has 5 rings (SSSR count). The van der Waals surface area contributed by atoms with Gasteiger partial charge in [0.2, 0.25) is 0 Å². The van der Waals surface area contributed by atoms with Gasteiger partial charge in [0, 0.05) is 10.6 Å². The van der Waals surface area contributed by atoms with Gasteiger partial charge < -0.3 is 5.11 Å². The van der Waals surface area contributed by atoms with Crippen LogP contribution in [0.1, 0.15) is 35.2 Å². The molecule has 3 aromatic carbocycles. The lowest BCUT2D eigenvalue weighted by Gasteiger charge is -2.23. The fourth-order valence-corrected chi connectivity index (χ4v) is 5.50. The van der Waals surface area contributed by atoms with Crippen LogP contribution in [0.2, 0.25) is 5.02 Å². The Kier molecular flexibility index (Phi) is 5.71. The third-order valence-electron chi connectivity index (χ3n) is 5.98. The zero-order chi connectivity index (χ0) is 24.0. The smallest absolute Gasteiger partial charge is 0.301 e. The first-order valence-corrected chi connectivity index (χ1v) is 12.1. The molecule has 0 bridgehead atoms. The molecule has 0 aliphatic carbocycles. The number of carbonyl (C=O) groups is 2. The molecule has 1 amide bonds. The minimum Gasteiger partial charge on any atom is -0.507 e. The standard InChI is InChI=1S/C27H21ClN2O3S/c1-3-16-7-9-17(10-8-16)24(31)22-23(18-6-4-5-15(2)13-18)30(26(33)25(22)32)27-29-20-12-11-19(28)14-21(20)34-27/h4-14,23,31H,3H2,1-2H3/b24-22+. The number of carbonyl (C=O) groups excluding carboxylic acids is 2. The minimum absolute atomic E-state index is 0.0529. The number of ketones is 1. The summed E-state index contributed by atoms with van der Waals surface area (Å²) in [6.07, 6.45) is 0.857. The molecule has 1 fully saturated rings. The number of aliphatic hydroxyl groups is 1. The summed E-state index contributed by atoms with van der Waals surface area (Å²) in [4.78, 5) is 32.7. The van der Waals surface area contributed by atoms with E-state index >= 15 is 0 Å². The van der Waals surface area contributed by atoms with Crippen molar-refractivity contribution >= 4 is 55.7 Å². The largest absolute Gasteiger partial charge is 0.507 e. The highest BCUT2D eigenvalue weighted by molar-refractivity contribution is 7.22. The average molecular weight is 489 g/mol. The number of hydrogen-bond donors (Lipinski definition) is 1. The van der Waals surface area contributed by atoms with Gasteiger partial charge in [-0.05, 0) is 42.7 Å². The highest BCUT2D eigenvalue weighted by Gasteiger charge is 2.48. The monoisotopic (exact) mass is 488 g/mol. The Morgan fingerprint density at radius 1 is 1.09 bits per heavy atom. The highest BCUT2D eigenvalue weighted by Crippen LogP contribution is 2.44. The van der Waals surface area contributed by atoms with Crippen LogP contribution in [0, 0.1) is 6.92 Å². The molecule has 1 aliphatic rings. The zero-order valence-corrected chi connectivity index (χ0v) is 20.2. The second-order valence-electron chi connectivity index (χ2n) is 8.24. The Hall–Kier alpha value is -3.48. The molecule has 34 heavy (non-hydrogen) atoms. The van der Waals surface area contributed by atoms with Crippen LogP contribution in [0.15, 0.2) is 72.3 Å². The van der Waals surface area contributed by atoms with E-state index in [1.165, 1.54) is 16.2 Å². The number of anilines is 1. The molecule has 1 unspecified atom stereocenters. The summed E-state index contributed by atoms with van der Waals surface area (Å²) < 4.78 is 0.808. The number of nitrogens with zero attached hydrogens (tertiary/aromatic N) is 2. The van der Waals surface area contributed by atoms with Crippen LogP contribution in [-0.2, 0) is 16.0 Å². The van der Waals surface area contributed by atoms with Crippen molar-refractivity contribution in [3.8, 4) is 0 Å². The van der Waals surface area contributed by atoms with Gasteiger partial charge in [0.1, 0.15) is 5.76 Å². The number of aromatic nitrogens is 1. The summed E-state index contributed by atoms with van der Waals surface area (Å²) in [5.74, 6) is -1.65. The maximum absolute atomic E-state index is 13.3. The second-order valence-corrected chi connectivity index (χ2v) is 9.69. The molecule has 1 N–H and O–H groups in total. The zero-order valence-electron chi connectivity index (χ0n) is 18.6. The van der Waals surface area contributed by atoms with E-state index in [1.807, 2.05) is 50.2 Å². The number of amides is 1.